The van der Waals surface area contributed by atoms with Gasteiger partial charge in [-0.1, -0.05) is 44.4 Å². The zero-order chi connectivity index (χ0) is 17.8. The van der Waals surface area contributed by atoms with E-state index in [-0.39, 0.29) is 17.9 Å². The predicted molar refractivity (Wildman–Crippen MR) is 81.6 cm³/mol. The molecule has 1 aliphatic rings. The van der Waals surface area contributed by atoms with E-state index in [2.05, 4.69) is 0 Å². The van der Waals surface area contributed by atoms with Gasteiger partial charge in [-0.25, -0.2) is 4.79 Å². The molecule has 0 fully saturated rings. The minimum Gasteiger partial charge on any atom is -0.478 e. The molecule has 0 aromatic heterocycles. The maximum Gasteiger partial charge on any atom is 0.460 e. The Hall–Kier alpha value is -2.02. The van der Waals surface area contributed by atoms with Gasteiger partial charge in [-0.15, -0.1) is 0 Å². The van der Waals surface area contributed by atoms with Gasteiger partial charge in [-0.05, 0) is 18.6 Å². The van der Waals surface area contributed by atoms with E-state index in [1.54, 1.807) is 6.07 Å². The van der Waals surface area contributed by atoms with Crippen molar-refractivity contribution in [2.45, 2.75) is 44.6 Å². The first-order valence-corrected chi connectivity index (χ1v) is 7.76. The highest BCUT2D eigenvalue weighted by molar-refractivity contribution is 5.95. The van der Waals surface area contributed by atoms with Gasteiger partial charge in [-0.3, -0.25) is 0 Å². The number of alkyl halides is 3. The lowest BCUT2D eigenvalue weighted by Gasteiger charge is -2.38. The summed E-state index contributed by atoms with van der Waals surface area (Å²) >= 11 is 0. The molecule has 1 aromatic rings. The predicted octanol–water partition coefficient (Wildman–Crippen LogP) is 4.40. The second kappa shape index (κ2) is 7.25. The molecule has 0 radical (unpaired) electrons. The van der Waals surface area contributed by atoms with Gasteiger partial charge in [0.2, 0.25) is 0 Å². The third-order valence-corrected chi connectivity index (χ3v) is 3.73. The minimum atomic E-state index is -5.03. The van der Waals surface area contributed by atoms with Crippen LogP contribution >= 0.6 is 0 Å². The molecule has 132 valence electrons. The van der Waals surface area contributed by atoms with Crippen molar-refractivity contribution in [1.29, 1.82) is 0 Å². The molecular formula is C17H19F3O4. The Morgan fingerprint density at radius 2 is 1.96 bits per heavy atom. The van der Waals surface area contributed by atoms with E-state index in [1.165, 1.54) is 18.2 Å². The van der Waals surface area contributed by atoms with Crippen molar-refractivity contribution < 1.29 is 32.5 Å². The summed E-state index contributed by atoms with van der Waals surface area (Å²) in [5, 5.41) is 9.28. The maximum absolute atomic E-state index is 13.7. The number of carboxylic acid groups (broad SMARTS) is 1. The summed E-state index contributed by atoms with van der Waals surface area (Å²) in [6.45, 7) is 1.73. The van der Waals surface area contributed by atoms with Crippen LogP contribution in [-0.4, -0.2) is 29.6 Å². The Bertz CT molecular complexity index is 625. The van der Waals surface area contributed by atoms with Gasteiger partial charge < -0.3 is 14.6 Å². The highest BCUT2D eigenvalue weighted by Crippen LogP contribution is 2.46. The largest absolute Gasteiger partial charge is 0.478 e. The van der Waals surface area contributed by atoms with Crippen LogP contribution in [0.2, 0.25) is 0 Å². The molecule has 1 unspecified atom stereocenters. The van der Waals surface area contributed by atoms with Crippen LogP contribution in [0.4, 0.5) is 13.2 Å². The first-order chi connectivity index (χ1) is 11.3. The number of benzene rings is 1. The lowest BCUT2D eigenvalue weighted by atomic mass is 9.97. The Kier molecular flexibility index (Phi) is 5.54. The Morgan fingerprint density at radius 3 is 2.58 bits per heavy atom. The number of unbranched alkanes of at least 4 members (excludes halogenated alkanes) is 3. The number of aliphatic carboxylic acids is 1. The standard InChI is InChI=1S/C17H19F3O4/c1-2-3-4-7-10-23-16(17(18,19)20)13(15(21)22)11-12-8-5-6-9-14(12)24-16/h5-6,8-9,11H,2-4,7,10H2,1H3,(H,21,22). The molecule has 0 bridgehead atoms. The number of carbonyl (C=O) groups is 1. The quantitative estimate of drug-likeness (QED) is 0.745. The van der Waals surface area contributed by atoms with Crippen molar-refractivity contribution in [2.75, 3.05) is 6.61 Å². The van der Waals surface area contributed by atoms with E-state index in [4.69, 9.17) is 9.47 Å². The Labute approximate surface area is 137 Å². The normalized spacial score (nSPS) is 20.1. The highest BCUT2D eigenvalue weighted by Gasteiger charge is 2.65. The van der Waals surface area contributed by atoms with Crippen molar-refractivity contribution in [1.82, 2.24) is 0 Å². The van der Waals surface area contributed by atoms with E-state index in [9.17, 15) is 23.1 Å². The van der Waals surface area contributed by atoms with E-state index < -0.39 is 23.5 Å². The fraction of sp³-hybridized carbons (Fsp3) is 0.471. The zero-order valence-electron chi connectivity index (χ0n) is 13.2. The number of fused-ring (bicyclic) bond motifs is 1. The molecule has 0 saturated carbocycles. The van der Waals surface area contributed by atoms with E-state index in [0.29, 0.717) is 12.8 Å². The molecule has 1 N–H and O–H groups in total. The Balaban J connectivity index is 2.36. The van der Waals surface area contributed by atoms with Gasteiger partial charge in [0.05, 0.1) is 6.61 Å². The number of halogens is 3. The molecule has 0 spiro atoms. The summed E-state index contributed by atoms with van der Waals surface area (Å²) < 4.78 is 51.3. The highest BCUT2D eigenvalue weighted by atomic mass is 19.4. The molecule has 1 aromatic carbocycles. The molecule has 0 amide bonds. The summed E-state index contributed by atoms with van der Waals surface area (Å²) in [4.78, 5) is 11.4. The molecule has 24 heavy (non-hydrogen) atoms. The van der Waals surface area contributed by atoms with Gasteiger partial charge in [-0.2, -0.15) is 13.2 Å². The topological polar surface area (TPSA) is 55.8 Å². The lowest BCUT2D eigenvalue weighted by molar-refractivity contribution is -0.334. The molecule has 1 heterocycles. The summed E-state index contributed by atoms with van der Waals surface area (Å²) in [5.74, 6) is -5.08. The van der Waals surface area contributed by atoms with Crippen LogP contribution in [0.15, 0.2) is 29.8 Å². The van der Waals surface area contributed by atoms with Gasteiger partial charge in [0, 0.05) is 5.56 Å². The van der Waals surface area contributed by atoms with Crippen molar-refractivity contribution in [3.63, 3.8) is 0 Å². The fourth-order valence-electron chi connectivity index (χ4n) is 2.50. The van der Waals surface area contributed by atoms with Crippen molar-refractivity contribution in [3.8, 4) is 5.75 Å². The number of carboxylic acids is 1. The van der Waals surface area contributed by atoms with Crippen LogP contribution < -0.4 is 4.74 Å². The molecule has 1 aliphatic heterocycles. The monoisotopic (exact) mass is 344 g/mol. The van der Waals surface area contributed by atoms with Crippen LogP contribution in [0.25, 0.3) is 6.08 Å². The number of para-hydroxylation sites is 1. The maximum atomic E-state index is 13.7. The van der Waals surface area contributed by atoms with Crippen LogP contribution in [0.1, 0.15) is 38.2 Å². The van der Waals surface area contributed by atoms with Gasteiger partial charge in [0.25, 0.3) is 0 Å². The minimum absolute atomic E-state index is 0.0617. The first kappa shape index (κ1) is 18.3. The van der Waals surface area contributed by atoms with Crippen molar-refractivity contribution >= 4 is 12.0 Å². The van der Waals surface area contributed by atoms with E-state index in [0.717, 1.165) is 18.9 Å². The fourth-order valence-corrected chi connectivity index (χ4v) is 2.50. The molecule has 7 heteroatoms. The number of ether oxygens (including phenoxy) is 2. The second-order valence-corrected chi connectivity index (χ2v) is 5.53. The van der Waals surface area contributed by atoms with Gasteiger partial charge in [0.15, 0.2) is 0 Å². The number of rotatable bonds is 7. The average Bonchev–Trinajstić information content (AvgIpc) is 2.52. The average molecular weight is 344 g/mol. The molecule has 0 aliphatic carbocycles. The third kappa shape index (κ3) is 3.56. The zero-order valence-corrected chi connectivity index (χ0v) is 13.2. The number of hydrogen-bond acceptors (Lipinski definition) is 3. The first-order valence-electron chi connectivity index (χ1n) is 7.76. The number of hydrogen-bond donors (Lipinski definition) is 1. The summed E-state index contributed by atoms with van der Waals surface area (Å²) in [5.41, 5.74) is -0.700. The van der Waals surface area contributed by atoms with Crippen molar-refractivity contribution in [2.24, 2.45) is 0 Å². The summed E-state index contributed by atoms with van der Waals surface area (Å²) in [6, 6.07) is 5.94. The molecule has 1 atom stereocenters. The summed E-state index contributed by atoms with van der Waals surface area (Å²) in [7, 11) is 0. The van der Waals surface area contributed by atoms with E-state index >= 15 is 0 Å². The molecule has 2 rings (SSSR count). The SMILES string of the molecule is CCCCCCOC1(C(F)(F)F)Oc2ccccc2C=C1C(=O)O. The summed E-state index contributed by atoms with van der Waals surface area (Å²) in [6.07, 6.45) is -1.19. The smallest absolute Gasteiger partial charge is 0.460 e. The van der Waals surface area contributed by atoms with Crippen LogP contribution in [0, 0.1) is 0 Å². The van der Waals surface area contributed by atoms with Crippen LogP contribution in [0.3, 0.4) is 0 Å². The lowest BCUT2D eigenvalue weighted by Crippen LogP contribution is -2.57. The molecule has 0 saturated heterocycles. The van der Waals surface area contributed by atoms with E-state index in [1.807, 2.05) is 6.92 Å². The Morgan fingerprint density at radius 1 is 1.25 bits per heavy atom. The van der Waals surface area contributed by atoms with Crippen LogP contribution in [-0.2, 0) is 9.53 Å². The van der Waals surface area contributed by atoms with Gasteiger partial charge in [0.1, 0.15) is 11.3 Å². The van der Waals surface area contributed by atoms with Crippen LogP contribution in [0.5, 0.6) is 5.75 Å². The molecule has 4 nitrogen and oxygen atoms in total. The third-order valence-electron chi connectivity index (χ3n) is 3.73. The van der Waals surface area contributed by atoms with Gasteiger partial charge >= 0.3 is 17.9 Å². The second-order valence-electron chi connectivity index (χ2n) is 5.53. The van der Waals surface area contributed by atoms with Crippen molar-refractivity contribution in [3.05, 3.63) is 35.4 Å². The molecular weight excluding hydrogens is 325 g/mol.